The van der Waals surface area contributed by atoms with Gasteiger partial charge in [0.05, 0.1) is 13.2 Å². The fourth-order valence-corrected chi connectivity index (χ4v) is 1.97. The molecule has 1 aliphatic rings. The van der Waals surface area contributed by atoms with Gasteiger partial charge in [-0.2, -0.15) is 0 Å². The highest BCUT2D eigenvalue weighted by Crippen LogP contribution is 2.33. The van der Waals surface area contributed by atoms with Crippen LogP contribution in [0.15, 0.2) is 12.1 Å². The molecule has 0 radical (unpaired) electrons. The van der Waals surface area contributed by atoms with E-state index in [-0.39, 0.29) is 24.4 Å². The molecule has 0 saturated heterocycles. The maximum atomic E-state index is 13.9. The van der Waals surface area contributed by atoms with Crippen LogP contribution in [0.25, 0.3) is 0 Å². The van der Waals surface area contributed by atoms with Crippen molar-refractivity contribution >= 4 is 5.69 Å². The van der Waals surface area contributed by atoms with Gasteiger partial charge in [-0.05, 0) is 36.5 Å². The van der Waals surface area contributed by atoms with E-state index in [1.165, 1.54) is 0 Å². The van der Waals surface area contributed by atoms with Gasteiger partial charge in [0.2, 0.25) is 0 Å². The first kappa shape index (κ1) is 12.8. The Morgan fingerprint density at radius 2 is 1.94 bits per heavy atom. The first-order valence-electron chi connectivity index (χ1n) is 5.93. The van der Waals surface area contributed by atoms with E-state index in [0.717, 1.165) is 25.0 Å². The molecular formula is C14H15F2NO. The molecule has 0 aromatic heterocycles. The number of terminal acetylenes is 1. The van der Waals surface area contributed by atoms with Crippen molar-refractivity contribution in [1.29, 1.82) is 0 Å². The summed E-state index contributed by atoms with van der Waals surface area (Å²) in [5.74, 6) is 1.56. The second-order valence-electron chi connectivity index (χ2n) is 4.59. The van der Waals surface area contributed by atoms with Crippen LogP contribution in [0.4, 0.5) is 14.5 Å². The van der Waals surface area contributed by atoms with Crippen molar-refractivity contribution in [1.82, 2.24) is 0 Å². The Morgan fingerprint density at radius 3 is 2.39 bits per heavy atom. The molecule has 2 rings (SSSR count). The Morgan fingerprint density at radius 1 is 1.33 bits per heavy atom. The maximum absolute atomic E-state index is 13.9. The van der Waals surface area contributed by atoms with E-state index in [0.29, 0.717) is 12.5 Å². The second kappa shape index (κ2) is 5.36. The van der Waals surface area contributed by atoms with Crippen LogP contribution in [0.1, 0.15) is 18.4 Å². The third-order valence-corrected chi connectivity index (χ3v) is 3.03. The molecular weight excluding hydrogens is 236 g/mol. The van der Waals surface area contributed by atoms with Gasteiger partial charge in [0.1, 0.15) is 17.3 Å². The number of halogens is 2. The molecule has 1 aliphatic carbocycles. The summed E-state index contributed by atoms with van der Waals surface area (Å²) in [6.07, 6.45) is 7.41. The molecule has 1 fully saturated rings. The van der Waals surface area contributed by atoms with Crippen molar-refractivity contribution in [2.24, 2.45) is 5.92 Å². The van der Waals surface area contributed by atoms with Crippen molar-refractivity contribution in [3.8, 4) is 12.3 Å². The van der Waals surface area contributed by atoms with E-state index in [1.54, 1.807) is 4.90 Å². The van der Waals surface area contributed by atoms with Crippen molar-refractivity contribution in [2.45, 2.75) is 19.4 Å². The summed E-state index contributed by atoms with van der Waals surface area (Å²) in [6.45, 7) is 0.380. The van der Waals surface area contributed by atoms with Gasteiger partial charge in [-0.15, -0.1) is 6.42 Å². The smallest absolute Gasteiger partial charge is 0.149 e. The molecule has 0 atom stereocenters. The number of benzene rings is 1. The Kier molecular flexibility index (Phi) is 3.83. The van der Waals surface area contributed by atoms with E-state index >= 15 is 0 Å². The highest BCUT2D eigenvalue weighted by Gasteiger charge is 2.27. The Labute approximate surface area is 105 Å². The summed E-state index contributed by atoms with van der Waals surface area (Å²) < 4.78 is 27.8. The van der Waals surface area contributed by atoms with E-state index in [2.05, 4.69) is 5.92 Å². The highest BCUT2D eigenvalue weighted by atomic mass is 19.1. The minimum absolute atomic E-state index is 0.0861. The van der Waals surface area contributed by atoms with Crippen LogP contribution in [0, 0.1) is 29.9 Å². The number of hydrogen-bond acceptors (Lipinski definition) is 2. The van der Waals surface area contributed by atoms with Crippen LogP contribution in [-0.2, 0) is 6.61 Å². The fraction of sp³-hybridized carbons (Fsp3) is 0.429. The molecule has 0 unspecified atom stereocenters. The Balaban J connectivity index is 2.30. The Bertz CT molecular complexity index is 454. The zero-order chi connectivity index (χ0) is 13.1. The number of hydrogen-bond donors (Lipinski definition) is 1. The van der Waals surface area contributed by atoms with Gasteiger partial charge in [0, 0.05) is 6.54 Å². The average Bonchev–Trinajstić information content (AvgIpc) is 3.12. The number of nitrogens with zero attached hydrogens (tertiary/aromatic N) is 1. The van der Waals surface area contributed by atoms with Gasteiger partial charge in [-0.25, -0.2) is 8.78 Å². The van der Waals surface area contributed by atoms with Crippen LogP contribution >= 0.6 is 0 Å². The SMILES string of the molecule is C#CCN(CC1CC1)c1c(F)cc(CO)cc1F. The predicted octanol–water partition coefficient (Wildman–Crippen LogP) is 2.31. The molecule has 2 nitrogen and oxygen atoms in total. The molecule has 0 amide bonds. The van der Waals surface area contributed by atoms with Crippen molar-refractivity contribution in [3.05, 3.63) is 29.3 Å². The van der Waals surface area contributed by atoms with E-state index in [1.807, 2.05) is 0 Å². The minimum Gasteiger partial charge on any atom is -0.392 e. The lowest BCUT2D eigenvalue weighted by molar-refractivity contribution is 0.280. The maximum Gasteiger partial charge on any atom is 0.149 e. The normalized spacial score (nSPS) is 14.3. The van der Waals surface area contributed by atoms with E-state index in [9.17, 15) is 8.78 Å². The van der Waals surface area contributed by atoms with E-state index in [4.69, 9.17) is 11.5 Å². The molecule has 1 saturated carbocycles. The number of aliphatic hydroxyl groups is 1. The van der Waals surface area contributed by atoms with Crippen LogP contribution in [-0.4, -0.2) is 18.2 Å². The third-order valence-electron chi connectivity index (χ3n) is 3.03. The van der Waals surface area contributed by atoms with Gasteiger partial charge < -0.3 is 10.0 Å². The van der Waals surface area contributed by atoms with Crippen molar-refractivity contribution in [2.75, 3.05) is 18.0 Å². The lowest BCUT2D eigenvalue weighted by Crippen LogP contribution is -2.28. The summed E-state index contributed by atoms with van der Waals surface area (Å²) in [5, 5.41) is 8.90. The number of aliphatic hydroxyl groups excluding tert-OH is 1. The van der Waals surface area contributed by atoms with Crippen LogP contribution < -0.4 is 4.90 Å². The summed E-state index contributed by atoms with van der Waals surface area (Å²) in [7, 11) is 0. The lowest BCUT2D eigenvalue weighted by atomic mass is 10.1. The minimum atomic E-state index is -0.671. The van der Waals surface area contributed by atoms with Crippen LogP contribution in [0.3, 0.4) is 0 Å². The number of anilines is 1. The first-order valence-corrected chi connectivity index (χ1v) is 5.93. The van der Waals surface area contributed by atoms with Gasteiger partial charge in [0.15, 0.2) is 0 Å². The molecule has 0 bridgehead atoms. The standard InChI is InChI=1S/C14H15F2NO/c1-2-5-17(8-10-3-4-10)14-12(15)6-11(9-18)7-13(14)16/h1,6-7,10,18H,3-5,8-9H2. The molecule has 1 N–H and O–H groups in total. The molecule has 0 aliphatic heterocycles. The highest BCUT2D eigenvalue weighted by molar-refractivity contribution is 5.51. The van der Waals surface area contributed by atoms with Crippen LogP contribution in [0.2, 0.25) is 0 Å². The number of rotatable bonds is 5. The molecule has 4 heteroatoms. The average molecular weight is 251 g/mol. The zero-order valence-corrected chi connectivity index (χ0v) is 10.00. The molecule has 96 valence electrons. The van der Waals surface area contributed by atoms with Gasteiger partial charge in [0.25, 0.3) is 0 Å². The quantitative estimate of drug-likeness (QED) is 0.812. The Hall–Kier alpha value is -1.60. The summed E-state index contributed by atoms with van der Waals surface area (Å²) in [6, 6.07) is 2.30. The second-order valence-corrected chi connectivity index (χ2v) is 4.59. The predicted molar refractivity (Wildman–Crippen MR) is 66.1 cm³/mol. The van der Waals surface area contributed by atoms with E-state index < -0.39 is 11.6 Å². The van der Waals surface area contributed by atoms with Gasteiger partial charge in [-0.3, -0.25) is 0 Å². The van der Waals surface area contributed by atoms with Gasteiger partial charge in [-0.1, -0.05) is 5.92 Å². The van der Waals surface area contributed by atoms with Gasteiger partial charge >= 0.3 is 0 Å². The summed E-state index contributed by atoms with van der Waals surface area (Å²) >= 11 is 0. The molecule has 1 aromatic rings. The molecule has 1 aromatic carbocycles. The monoisotopic (exact) mass is 251 g/mol. The van der Waals surface area contributed by atoms with Crippen LogP contribution in [0.5, 0.6) is 0 Å². The largest absolute Gasteiger partial charge is 0.392 e. The lowest BCUT2D eigenvalue weighted by Gasteiger charge is -2.23. The molecule has 0 heterocycles. The summed E-state index contributed by atoms with van der Waals surface area (Å²) in [4.78, 5) is 1.56. The third kappa shape index (κ3) is 2.80. The van der Waals surface area contributed by atoms with Crippen molar-refractivity contribution in [3.63, 3.8) is 0 Å². The molecule has 18 heavy (non-hydrogen) atoms. The molecule has 0 spiro atoms. The topological polar surface area (TPSA) is 23.5 Å². The fourth-order valence-electron chi connectivity index (χ4n) is 1.97. The summed E-state index contributed by atoms with van der Waals surface area (Å²) in [5.41, 5.74) is 0.137. The first-order chi connectivity index (χ1) is 8.65. The zero-order valence-electron chi connectivity index (χ0n) is 10.00. The van der Waals surface area contributed by atoms with Crippen molar-refractivity contribution < 1.29 is 13.9 Å².